The molecule has 4 rings (SSSR count). The number of hydrogen-bond donors (Lipinski definition) is 2. The third kappa shape index (κ3) is 7.35. The van der Waals surface area contributed by atoms with E-state index in [4.69, 9.17) is 4.74 Å². The molecule has 0 fully saturated rings. The predicted molar refractivity (Wildman–Crippen MR) is 172 cm³/mol. The Labute approximate surface area is 260 Å². The standard InChI is InChI=1S/C34H46N6O4/c1-32(2,3)40-30-25-15-11-12-16-26(25)39(21-23-13-9-10-14-24(23)29(30)37-38-40)28(42)20-36-31(43)34(6,7)17-18-44-22-33(4,5)19-27(41)35-8/h9-16H,17-22H2,1-8H3,(H,35,41)(H,36,43). The zero-order chi connectivity index (χ0) is 32.3. The molecule has 10 heteroatoms. The molecule has 2 aromatic carbocycles. The van der Waals surface area contributed by atoms with Gasteiger partial charge in [-0.2, -0.15) is 0 Å². The molecular weight excluding hydrogens is 556 g/mol. The molecule has 0 saturated heterocycles. The Kier molecular flexibility index (Phi) is 9.63. The van der Waals surface area contributed by atoms with Crippen LogP contribution in [-0.2, 0) is 31.2 Å². The van der Waals surface area contributed by atoms with Crippen LogP contribution in [-0.4, -0.2) is 59.5 Å². The van der Waals surface area contributed by atoms with Crippen molar-refractivity contribution in [3.63, 3.8) is 0 Å². The minimum absolute atomic E-state index is 0.0361. The highest BCUT2D eigenvalue weighted by molar-refractivity contribution is 6.02. The molecular formula is C34H46N6O4. The smallest absolute Gasteiger partial charge is 0.246 e. The van der Waals surface area contributed by atoms with Gasteiger partial charge in [-0.15, -0.1) is 5.10 Å². The second kappa shape index (κ2) is 12.9. The minimum Gasteiger partial charge on any atom is -0.381 e. The number of aromatic nitrogens is 3. The summed E-state index contributed by atoms with van der Waals surface area (Å²) in [6, 6.07) is 15.7. The summed E-state index contributed by atoms with van der Waals surface area (Å²) in [5, 5.41) is 14.7. The van der Waals surface area contributed by atoms with Gasteiger partial charge in [-0.3, -0.25) is 14.4 Å². The molecule has 3 aromatic rings. The molecule has 1 aliphatic rings. The first-order valence-electron chi connectivity index (χ1n) is 15.2. The number of para-hydroxylation sites is 1. The highest BCUT2D eigenvalue weighted by Crippen LogP contribution is 2.42. The number of nitrogens with one attached hydrogen (secondary N) is 2. The van der Waals surface area contributed by atoms with Crippen LogP contribution in [0.5, 0.6) is 0 Å². The molecule has 10 nitrogen and oxygen atoms in total. The second-order valence-corrected chi connectivity index (χ2v) is 13.9. The van der Waals surface area contributed by atoms with E-state index in [1.54, 1.807) is 11.9 Å². The van der Waals surface area contributed by atoms with Crippen molar-refractivity contribution in [2.24, 2.45) is 10.8 Å². The van der Waals surface area contributed by atoms with Crippen LogP contribution in [0, 0.1) is 10.8 Å². The summed E-state index contributed by atoms with van der Waals surface area (Å²) in [5.41, 5.74) is 3.67. The third-order valence-corrected chi connectivity index (χ3v) is 7.95. The summed E-state index contributed by atoms with van der Waals surface area (Å²) in [4.78, 5) is 40.7. The van der Waals surface area contributed by atoms with E-state index in [-0.39, 0.29) is 35.2 Å². The molecule has 0 unspecified atom stereocenters. The monoisotopic (exact) mass is 602 g/mol. The van der Waals surface area contributed by atoms with E-state index in [9.17, 15) is 14.4 Å². The Balaban J connectivity index is 1.51. The van der Waals surface area contributed by atoms with E-state index in [0.29, 0.717) is 32.6 Å². The van der Waals surface area contributed by atoms with Crippen molar-refractivity contribution in [3.8, 4) is 22.5 Å². The van der Waals surface area contributed by atoms with Crippen molar-refractivity contribution >= 4 is 23.4 Å². The second-order valence-electron chi connectivity index (χ2n) is 13.9. The summed E-state index contributed by atoms with van der Waals surface area (Å²) in [6.07, 6.45) is 0.825. The molecule has 0 bridgehead atoms. The van der Waals surface area contributed by atoms with Gasteiger partial charge in [0, 0.05) is 36.6 Å². The van der Waals surface area contributed by atoms with E-state index in [1.807, 2.05) is 80.9 Å². The van der Waals surface area contributed by atoms with Gasteiger partial charge in [0.25, 0.3) is 0 Å². The van der Waals surface area contributed by atoms with Crippen molar-refractivity contribution in [2.45, 2.75) is 73.4 Å². The number of benzene rings is 2. The molecule has 1 aliphatic heterocycles. The first-order valence-corrected chi connectivity index (χ1v) is 15.2. The van der Waals surface area contributed by atoms with Gasteiger partial charge < -0.3 is 20.3 Å². The lowest BCUT2D eigenvalue weighted by molar-refractivity contribution is -0.132. The van der Waals surface area contributed by atoms with Crippen LogP contribution in [0.15, 0.2) is 48.5 Å². The maximum absolute atomic E-state index is 13.9. The van der Waals surface area contributed by atoms with Gasteiger partial charge in [-0.1, -0.05) is 75.4 Å². The third-order valence-electron chi connectivity index (χ3n) is 7.95. The van der Waals surface area contributed by atoms with Gasteiger partial charge >= 0.3 is 0 Å². The van der Waals surface area contributed by atoms with Crippen LogP contribution in [0.2, 0.25) is 0 Å². The predicted octanol–water partition coefficient (Wildman–Crippen LogP) is 4.93. The minimum atomic E-state index is -0.758. The van der Waals surface area contributed by atoms with E-state index in [1.165, 1.54) is 0 Å². The van der Waals surface area contributed by atoms with Crippen LogP contribution in [0.3, 0.4) is 0 Å². The van der Waals surface area contributed by atoms with E-state index in [2.05, 4.69) is 41.7 Å². The lowest BCUT2D eigenvalue weighted by Crippen LogP contribution is -2.45. The Morgan fingerprint density at radius 3 is 2.27 bits per heavy atom. The molecule has 44 heavy (non-hydrogen) atoms. The molecule has 0 atom stereocenters. The number of anilines is 1. The van der Waals surface area contributed by atoms with Crippen molar-refractivity contribution < 1.29 is 19.1 Å². The fraction of sp³-hybridized carbons (Fsp3) is 0.500. The highest BCUT2D eigenvalue weighted by atomic mass is 16.5. The van der Waals surface area contributed by atoms with Gasteiger partial charge in [0.1, 0.15) is 5.69 Å². The molecule has 0 radical (unpaired) electrons. The number of fused-ring (bicyclic) bond motifs is 5. The average molecular weight is 603 g/mol. The molecule has 1 aromatic heterocycles. The largest absolute Gasteiger partial charge is 0.381 e. The number of amides is 3. The maximum atomic E-state index is 13.9. The van der Waals surface area contributed by atoms with E-state index in [0.717, 1.165) is 33.8 Å². The van der Waals surface area contributed by atoms with Gasteiger partial charge in [0.2, 0.25) is 17.7 Å². The maximum Gasteiger partial charge on any atom is 0.246 e. The van der Waals surface area contributed by atoms with Crippen LogP contribution in [0.4, 0.5) is 5.69 Å². The zero-order valence-electron chi connectivity index (χ0n) is 27.3. The van der Waals surface area contributed by atoms with Crippen molar-refractivity contribution in [1.82, 2.24) is 25.6 Å². The molecule has 3 amide bonds. The van der Waals surface area contributed by atoms with Crippen LogP contribution in [0.1, 0.15) is 66.9 Å². The number of rotatable bonds is 10. The van der Waals surface area contributed by atoms with Crippen LogP contribution in [0.25, 0.3) is 22.5 Å². The lowest BCUT2D eigenvalue weighted by atomic mass is 9.88. The lowest BCUT2D eigenvalue weighted by Gasteiger charge is -2.31. The number of ether oxygens (including phenoxy) is 1. The molecule has 2 N–H and O–H groups in total. The fourth-order valence-corrected chi connectivity index (χ4v) is 5.30. The molecule has 236 valence electrons. The summed E-state index contributed by atoms with van der Waals surface area (Å²) < 4.78 is 7.77. The topological polar surface area (TPSA) is 118 Å². The summed E-state index contributed by atoms with van der Waals surface area (Å²) in [6.45, 7) is 14.8. The number of carbonyl (C=O) groups is 3. The van der Waals surface area contributed by atoms with Crippen LogP contribution < -0.4 is 15.5 Å². The van der Waals surface area contributed by atoms with Gasteiger partial charge in [-0.25, -0.2) is 4.68 Å². The van der Waals surface area contributed by atoms with Gasteiger partial charge in [-0.05, 0) is 44.2 Å². The summed E-state index contributed by atoms with van der Waals surface area (Å²) in [7, 11) is 1.62. The average Bonchev–Trinajstić information content (AvgIpc) is 3.41. The molecule has 2 heterocycles. The Bertz CT molecular complexity index is 1520. The summed E-state index contributed by atoms with van der Waals surface area (Å²) >= 11 is 0. The van der Waals surface area contributed by atoms with Crippen LogP contribution >= 0.6 is 0 Å². The van der Waals surface area contributed by atoms with E-state index >= 15 is 0 Å². The van der Waals surface area contributed by atoms with Crippen molar-refractivity contribution in [1.29, 1.82) is 0 Å². The summed E-state index contributed by atoms with van der Waals surface area (Å²) in [5.74, 6) is -0.481. The fourth-order valence-electron chi connectivity index (χ4n) is 5.30. The normalized spacial score (nSPS) is 13.2. The SMILES string of the molecule is CNC(=O)CC(C)(C)COCCC(C)(C)C(=O)NCC(=O)N1Cc2ccccc2-c2nnn(C(C)(C)C)c2-c2ccccc21. The Morgan fingerprint density at radius 1 is 0.932 bits per heavy atom. The highest BCUT2D eigenvalue weighted by Gasteiger charge is 2.33. The molecule has 0 spiro atoms. The van der Waals surface area contributed by atoms with Crippen molar-refractivity contribution in [3.05, 3.63) is 54.1 Å². The number of hydrogen-bond acceptors (Lipinski definition) is 6. The molecule has 0 aliphatic carbocycles. The Morgan fingerprint density at radius 2 is 1.59 bits per heavy atom. The van der Waals surface area contributed by atoms with E-state index < -0.39 is 5.41 Å². The quantitative estimate of drug-likeness (QED) is 0.318. The first kappa shape index (κ1) is 32.9. The number of carbonyl (C=O) groups excluding carboxylic acids is 3. The zero-order valence-corrected chi connectivity index (χ0v) is 27.3. The number of nitrogens with zero attached hydrogens (tertiary/aromatic N) is 4. The molecule has 0 saturated carbocycles. The first-order chi connectivity index (χ1) is 20.6. The van der Waals surface area contributed by atoms with Gasteiger partial charge in [0.05, 0.1) is 36.6 Å². The van der Waals surface area contributed by atoms with Crippen molar-refractivity contribution in [2.75, 3.05) is 31.7 Å². The Hall–Kier alpha value is -4.05. The van der Waals surface area contributed by atoms with Gasteiger partial charge in [0.15, 0.2) is 0 Å².